The molecule has 10 heteroatoms. The number of aliphatic hydroxyl groups is 1. The number of likely N-dealkylation sites (tertiary alicyclic amines) is 1. The number of β-amino-alcohol motifs (C(OH)–C–C–N with tert-alkyl or cyclic N) is 1. The van der Waals surface area contributed by atoms with Crippen LogP contribution in [0.25, 0.3) is 6.20 Å². The van der Waals surface area contributed by atoms with E-state index in [0.717, 1.165) is 10.8 Å². The molecule has 1 aliphatic rings. The number of aromatic nitrogens is 3. The molecule has 0 bridgehead atoms. The Morgan fingerprint density at radius 3 is 2.71 bits per heavy atom. The van der Waals surface area contributed by atoms with Gasteiger partial charge >= 0.3 is 6.18 Å². The standard InChI is InChI=1S/C18H21F3N4O3/c1-3-12(18(19,20)21)9-25-14(16(26)24-5-4-17(2,27)10-24)8-23-15(25)6-13-7-22-11-28-13/h7-9,11,27H,3-6,10H2,1-2H3/b12-9+. The van der Waals surface area contributed by atoms with Crippen LogP contribution < -0.4 is 0 Å². The Bertz CT molecular complexity index is 869. The molecule has 2 aromatic heterocycles. The smallest absolute Gasteiger partial charge is 0.414 e. The van der Waals surface area contributed by atoms with Gasteiger partial charge in [0.05, 0.1) is 24.4 Å². The van der Waals surface area contributed by atoms with Crippen molar-refractivity contribution in [3.05, 3.63) is 41.6 Å². The highest BCUT2D eigenvalue weighted by Crippen LogP contribution is 2.30. The quantitative estimate of drug-likeness (QED) is 0.837. The van der Waals surface area contributed by atoms with Gasteiger partial charge in [-0.25, -0.2) is 9.97 Å². The van der Waals surface area contributed by atoms with Crippen LogP contribution in [0, 0.1) is 0 Å². The maximum Gasteiger partial charge on any atom is 0.414 e. The normalized spacial score (nSPS) is 20.8. The van der Waals surface area contributed by atoms with E-state index < -0.39 is 23.3 Å². The summed E-state index contributed by atoms with van der Waals surface area (Å²) in [6.45, 7) is 3.44. The van der Waals surface area contributed by atoms with E-state index in [1.54, 1.807) is 6.92 Å². The SMILES string of the molecule is CC/C(=C\n1c(C(=O)N2CCC(C)(O)C2)cnc1Cc1cnco1)C(F)(F)F. The molecule has 1 saturated heterocycles. The number of alkyl halides is 3. The van der Waals surface area contributed by atoms with E-state index in [0.29, 0.717) is 18.7 Å². The van der Waals surface area contributed by atoms with Crippen LogP contribution in [-0.2, 0) is 6.42 Å². The lowest BCUT2D eigenvalue weighted by Gasteiger charge is -2.20. The molecule has 28 heavy (non-hydrogen) atoms. The van der Waals surface area contributed by atoms with Crippen molar-refractivity contribution >= 4 is 12.1 Å². The molecule has 3 heterocycles. The third-order valence-corrected chi connectivity index (χ3v) is 4.68. The van der Waals surface area contributed by atoms with Crippen molar-refractivity contribution in [2.45, 2.75) is 44.9 Å². The number of carbonyl (C=O) groups excluding carboxylic acids is 1. The van der Waals surface area contributed by atoms with Crippen LogP contribution in [0.1, 0.15) is 48.8 Å². The van der Waals surface area contributed by atoms with E-state index in [2.05, 4.69) is 9.97 Å². The van der Waals surface area contributed by atoms with Gasteiger partial charge in [-0.05, 0) is 19.8 Å². The number of amides is 1. The molecule has 0 radical (unpaired) electrons. The molecule has 152 valence electrons. The topological polar surface area (TPSA) is 84.4 Å². The van der Waals surface area contributed by atoms with Crippen molar-refractivity contribution in [2.75, 3.05) is 13.1 Å². The first kappa shape index (κ1) is 20.1. The number of imidazole rings is 1. The number of oxazole rings is 1. The number of rotatable bonds is 5. The summed E-state index contributed by atoms with van der Waals surface area (Å²) in [4.78, 5) is 22.2. The van der Waals surface area contributed by atoms with Crippen LogP contribution in [0.5, 0.6) is 0 Å². The third kappa shape index (κ3) is 4.27. The molecule has 1 amide bonds. The molecule has 0 spiro atoms. The number of allylic oxidation sites excluding steroid dienone is 1. The molecule has 1 aliphatic heterocycles. The van der Waals surface area contributed by atoms with Crippen molar-refractivity contribution in [2.24, 2.45) is 0 Å². The first-order valence-electron chi connectivity index (χ1n) is 8.84. The number of carbonyl (C=O) groups is 1. The maximum atomic E-state index is 13.3. The van der Waals surface area contributed by atoms with Crippen molar-refractivity contribution < 1.29 is 27.5 Å². The predicted octanol–water partition coefficient (Wildman–Crippen LogP) is 2.87. The summed E-state index contributed by atoms with van der Waals surface area (Å²) in [7, 11) is 0. The highest BCUT2D eigenvalue weighted by atomic mass is 19.4. The van der Waals surface area contributed by atoms with Gasteiger partial charge in [0.2, 0.25) is 0 Å². The molecule has 7 nitrogen and oxygen atoms in total. The highest BCUT2D eigenvalue weighted by Gasteiger charge is 2.36. The fourth-order valence-corrected chi connectivity index (χ4v) is 3.12. The fourth-order valence-electron chi connectivity index (χ4n) is 3.12. The zero-order valence-corrected chi connectivity index (χ0v) is 15.5. The second-order valence-corrected chi connectivity index (χ2v) is 7.05. The first-order valence-corrected chi connectivity index (χ1v) is 8.84. The first-order chi connectivity index (χ1) is 13.1. The molecule has 0 saturated carbocycles. The van der Waals surface area contributed by atoms with Gasteiger partial charge in [0.1, 0.15) is 17.3 Å². The van der Waals surface area contributed by atoms with Gasteiger partial charge in [-0.15, -0.1) is 0 Å². The molecule has 1 unspecified atom stereocenters. The molecular weight excluding hydrogens is 377 g/mol. The van der Waals surface area contributed by atoms with Crippen molar-refractivity contribution in [3.63, 3.8) is 0 Å². The number of nitrogens with zero attached hydrogens (tertiary/aromatic N) is 4. The van der Waals surface area contributed by atoms with E-state index in [1.807, 2.05) is 0 Å². The van der Waals surface area contributed by atoms with Crippen molar-refractivity contribution in [1.82, 2.24) is 19.4 Å². The van der Waals surface area contributed by atoms with Gasteiger partial charge in [0.25, 0.3) is 5.91 Å². The third-order valence-electron chi connectivity index (χ3n) is 4.68. The molecular formula is C18H21F3N4O3. The van der Waals surface area contributed by atoms with E-state index >= 15 is 0 Å². The average Bonchev–Trinajstić information content (AvgIpc) is 3.32. The molecule has 1 N–H and O–H groups in total. The van der Waals surface area contributed by atoms with E-state index in [-0.39, 0.29) is 30.9 Å². The van der Waals surface area contributed by atoms with E-state index in [9.17, 15) is 23.1 Å². The second-order valence-electron chi connectivity index (χ2n) is 7.05. The summed E-state index contributed by atoms with van der Waals surface area (Å²) in [5.74, 6) is 0.151. The minimum absolute atomic E-state index is 0.00224. The number of hydrogen-bond acceptors (Lipinski definition) is 5. The zero-order chi connectivity index (χ0) is 20.5. The van der Waals surface area contributed by atoms with Gasteiger partial charge in [0.15, 0.2) is 6.39 Å². The maximum absolute atomic E-state index is 13.3. The fraction of sp³-hybridized carbons (Fsp3) is 0.500. The molecule has 1 atom stereocenters. The van der Waals surface area contributed by atoms with E-state index in [1.165, 1.54) is 30.6 Å². The van der Waals surface area contributed by atoms with Crippen molar-refractivity contribution in [1.29, 1.82) is 0 Å². The Balaban J connectivity index is 2.01. The molecule has 0 aliphatic carbocycles. The van der Waals surface area contributed by atoms with Gasteiger partial charge in [-0.1, -0.05) is 6.92 Å². The van der Waals surface area contributed by atoms with E-state index in [4.69, 9.17) is 4.42 Å². The average molecular weight is 398 g/mol. The second kappa shape index (κ2) is 7.42. The lowest BCUT2D eigenvalue weighted by Crippen LogP contribution is -2.34. The summed E-state index contributed by atoms with van der Waals surface area (Å²) in [5.41, 5.74) is -1.80. The predicted molar refractivity (Wildman–Crippen MR) is 93.3 cm³/mol. The Morgan fingerprint density at radius 2 is 2.18 bits per heavy atom. The summed E-state index contributed by atoms with van der Waals surface area (Å²) in [5, 5.41) is 10.1. The Morgan fingerprint density at radius 1 is 1.43 bits per heavy atom. The Hall–Kier alpha value is -2.62. The summed E-state index contributed by atoms with van der Waals surface area (Å²) < 4.78 is 46.2. The zero-order valence-electron chi connectivity index (χ0n) is 15.5. The molecule has 2 aromatic rings. The van der Waals surface area contributed by atoms with Gasteiger partial charge in [-0.2, -0.15) is 13.2 Å². The monoisotopic (exact) mass is 398 g/mol. The highest BCUT2D eigenvalue weighted by molar-refractivity contribution is 5.93. The Kier molecular flexibility index (Phi) is 5.33. The lowest BCUT2D eigenvalue weighted by atomic mass is 10.1. The lowest BCUT2D eigenvalue weighted by molar-refractivity contribution is -0.0927. The van der Waals surface area contributed by atoms with Crippen LogP contribution in [-0.4, -0.2) is 55.3 Å². The van der Waals surface area contributed by atoms with Crippen LogP contribution in [0.15, 0.2) is 28.8 Å². The van der Waals surface area contributed by atoms with Gasteiger partial charge in [0, 0.05) is 24.9 Å². The molecule has 0 aromatic carbocycles. The van der Waals surface area contributed by atoms with Crippen LogP contribution >= 0.6 is 0 Å². The number of halogens is 3. The summed E-state index contributed by atoms with van der Waals surface area (Å²) in [6.07, 6.45) is 0.500. The minimum atomic E-state index is -4.53. The largest absolute Gasteiger partial charge is 0.448 e. The minimum Gasteiger partial charge on any atom is -0.448 e. The molecule has 1 fully saturated rings. The van der Waals surface area contributed by atoms with Crippen LogP contribution in [0.4, 0.5) is 13.2 Å². The van der Waals surface area contributed by atoms with Crippen molar-refractivity contribution in [3.8, 4) is 0 Å². The van der Waals surface area contributed by atoms with Crippen LogP contribution in [0.2, 0.25) is 0 Å². The Labute approximate surface area is 159 Å². The summed E-state index contributed by atoms with van der Waals surface area (Å²) in [6, 6.07) is 0. The summed E-state index contributed by atoms with van der Waals surface area (Å²) >= 11 is 0. The number of hydrogen-bond donors (Lipinski definition) is 1. The van der Waals surface area contributed by atoms with Crippen LogP contribution in [0.3, 0.4) is 0 Å². The van der Waals surface area contributed by atoms with Gasteiger partial charge < -0.3 is 14.4 Å². The van der Waals surface area contributed by atoms with Gasteiger partial charge in [-0.3, -0.25) is 9.36 Å². The molecule has 3 rings (SSSR count).